The molecule has 0 spiro atoms. The molecule has 0 radical (unpaired) electrons. The van der Waals surface area contributed by atoms with Gasteiger partial charge >= 0.3 is 18.3 Å². The molecule has 50 heavy (non-hydrogen) atoms. The van der Waals surface area contributed by atoms with Crippen LogP contribution in [0.4, 0.5) is 26.3 Å². The summed E-state index contributed by atoms with van der Waals surface area (Å²) in [6, 6.07) is 27.3. The number of ether oxygens (including phenoxy) is 3. The standard InChI is InChI=1S/C38H29F6NO5/c1-48-34(46)23-50-35-32(26-11-6-13-29(17-26)37(39,40)41)19-28(20-33(35)27-12-7-14-30(18-27)38(42,43)44)36(47)45-21-25-10-5-15-31(16-25)49-22-24-8-3-2-4-9-24/h2-20H,21-23H2,1H3,(H,45,47). The summed E-state index contributed by atoms with van der Waals surface area (Å²) in [6.07, 6.45) is -9.47. The number of esters is 1. The van der Waals surface area contributed by atoms with E-state index in [2.05, 4.69) is 10.1 Å². The summed E-state index contributed by atoms with van der Waals surface area (Å²) in [5.41, 5.74) is -0.773. The van der Waals surface area contributed by atoms with Gasteiger partial charge in [0.15, 0.2) is 6.61 Å². The Bertz CT molecular complexity index is 1900. The van der Waals surface area contributed by atoms with Crippen LogP contribution in [-0.2, 0) is 35.0 Å². The smallest absolute Gasteiger partial charge is 0.416 e. The van der Waals surface area contributed by atoms with E-state index in [0.717, 1.165) is 49.1 Å². The van der Waals surface area contributed by atoms with E-state index in [1.807, 2.05) is 30.3 Å². The van der Waals surface area contributed by atoms with E-state index in [1.54, 1.807) is 24.3 Å². The van der Waals surface area contributed by atoms with Crippen molar-refractivity contribution in [2.45, 2.75) is 25.5 Å². The minimum Gasteiger partial charge on any atom is -0.489 e. The first-order valence-electron chi connectivity index (χ1n) is 15.1. The van der Waals surface area contributed by atoms with E-state index in [-0.39, 0.29) is 40.1 Å². The number of hydrogen-bond donors (Lipinski definition) is 1. The van der Waals surface area contributed by atoms with Gasteiger partial charge in [-0.05, 0) is 70.8 Å². The van der Waals surface area contributed by atoms with Crippen molar-refractivity contribution < 1.29 is 50.1 Å². The monoisotopic (exact) mass is 693 g/mol. The van der Waals surface area contributed by atoms with Gasteiger partial charge in [-0.15, -0.1) is 0 Å². The molecule has 0 saturated carbocycles. The topological polar surface area (TPSA) is 73.9 Å². The number of rotatable bonds is 11. The van der Waals surface area contributed by atoms with Crippen molar-refractivity contribution >= 4 is 11.9 Å². The van der Waals surface area contributed by atoms with Gasteiger partial charge in [0.1, 0.15) is 18.1 Å². The van der Waals surface area contributed by atoms with Gasteiger partial charge in [-0.3, -0.25) is 4.79 Å². The first-order valence-corrected chi connectivity index (χ1v) is 15.1. The summed E-state index contributed by atoms with van der Waals surface area (Å²) in [7, 11) is 1.09. The van der Waals surface area contributed by atoms with E-state index in [1.165, 1.54) is 24.3 Å². The van der Waals surface area contributed by atoms with Crippen LogP contribution in [0.1, 0.15) is 32.6 Å². The van der Waals surface area contributed by atoms with Crippen molar-refractivity contribution in [3.05, 3.63) is 143 Å². The molecule has 0 heterocycles. The molecule has 5 rings (SSSR count). The molecule has 0 bridgehead atoms. The SMILES string of the molecule is COC(=O)COc1c(-c2cccc(C(F)(F)F)c2)cc(C(=O)NCc2cccc(OCc3ccccc3)c2)cc1-c1cccc(C(F)(F)F)c1. The molecule has 1 amide bonds. The number of alkyl halides is 6. The average Bonchev–Trinajstić information content (AvgIpc) is 3.11. The molecule has 1 N–H and O–H groups in total. The minimum atomic E-state index is -4.73. The van der Waals surface area contributed by atoms with E-state index < -0.39 is 42.0 Å². The predicted molar refractivity (Wildman–Crippen MR) is 173 cm³/mol. The number of carbonyl (C=O) groups excluding carboxylic acids is 2. The van der Waals surface area contributed by atoms with Crippen molar-refractivity contribution in [3.8, 4) is 33.8 Å². The Morgan fingerprint density at radius 1 is 0.640 bits per heavy atom. The van der Waals surface area contributed by atoms with Gasteiger partial charge in [-0.25, -0.2) is 4.79 Å². The van der Waals surface area contributed by atoms with Crippen molar-refractivity contribution in [1.82, 2.24) is 5.32 Å². The Hall–Kier alpha value is -5.78. The van der Waals surface area contributed by atoms with Crippen molar-refractivity contribution in [1.29, 1.82) is 0 Å². The van der Waals surface area contributed by atoms with Crippen LogP contribution >= 0.6 is 0 Å². The van der Waals surface area contributed by atoms with Crippen LogP contribution in [0, 0.1) is 0 Å². The lowest BCUT2D eigenvalue weighted by Gasteiger charge is -2.19. The number of benzene rings is 5. The van der Waals surface area contributed by atoms with Crippen molar-refractivity contribution in [2.75, 3.05) is 13.7 Å². The molecule has 6 nitrogen and oxygen atoms in total. The highest BCUT2D eigenvalue weighted by Gasteiger charge is 2.32. The zero-order chi connectivity index (χ0) is 35.9. The molecule has 258 valence electrons. The molecule has 5 aromatic rings. The maximum atomic E-state index is 13.7. The maximum Gasteiger partial charge on any atom is 0.416 e. The Morgan fingerprint density at radius 3 is 1.76 bits per heavy atom. The second-order valence-corrected chi connectivity index (χ2v) is 11.0. The molecule has 0 fully saturated rings. The Morgan fingerprint density at radius 2 is 1.20 bits per heavy atom. The Labute approximate surface area is 283 Å². The van der Waals surface area contributed by atoms with Crippen molar-refractivity contribution in [2.24, 2.45) is 0 Å². The molecule has 5 aromatic carbocycles. The first-order chi connectivity index (χ1) is 23.8. The summed E-state index contributed by atoms with van der Waals surface area (Å²) in [6.45, 7) is -0.389. The van der Waals surface area contributed by atoms with Crippen LogP contribution in [-0.4, -0.2) is 25.6 Å². The van der Waals surface area contributed by atoms with E-state index >= 15 is 0 Å². The molecule has 0 aliphatic heterocycles. The van der Waals surface area contributed by atoms with Gasteiger partial charge in [0.2, 0.25) is 0 Å². The van der Waals surface area contributed by atoms with Gasteiger partial charge in [0.25, 0.3) is 5.91 Å². The lowest BCUT2D eigenvalue weighted by molar-refractivity contribution is -0.143. The van der Waals surface area contributed by atoms with Crippen molar-refractivity contribution in [3.63, 3.8) is 0 Å². The van der Waals surface area contributed by atoms with E-state index in [9.17, 15) is 35.9 Å². The molecular formula is C38H29F6NO5. The highest BCUT2D eigenvalue weighted by atomic mass is 19.4. The molecule has 0 aliphatic rings. The third kappa shape index (κ3) is 9.01. The number of nitrogens with one attached hydrogen (secondary N) is 1. The molecule has 0 aliphatic carbocycles. The number of halogens is 6. The van der Waals surface area contributed by atoms with Gasteiger partial charge in [0.05, 0.1) is 18.2 Å². The first kappa shape index (κ1) is 35.5. The highest BCUT2D eigenvalue weighted by Crippen LogP contribution is 2.43. The fourth-order valence-corrected chi connectivity index (χ4v) is 5.03. The normalized spacial score (nSPS) is 11.5. The fourth-order valence-electron chi connectivity index (χ4n) is 5.03. The zero-order valence-corrected chi connectivity index (χ0v) is 26.4. The molecule has 0 atom stereocenters. The maximum absolute atomic E-state index is 13.7. The van der Waals surface area contributed by atoms with Gasteiger partial charge in [-0.2, -0.15) is 26.3 Å². The molecule has 0 unspecified atom stereocenters. The van der Waals surface area contributed by atoms with E-state index in [0.29, 0.717) is 17.9 Å². The van der Waals surface area contributed by atoms with Gasteiger partial charge in [0, 0.05) is 23.2 Å². The molecular weight excluding hydrogens is 664 g/mol. The summed E-state index contributed by atoms with van der Waals surface area (Å²) in [4.78, 5) is 25.7. The summed E-state index contributed by atoms with van der Waals surface area (Å²) in [5, 5.41) is 2.75. The second-order valence-electron chi connectivity index (χ2n) is 11.0. The minimum absolute atomic E-state index is 0.0136. The Kier molecular flexibility index (Phi) is 10.8. The van der Waals surface area contributed by atoms with Crippen LogP contribution in [0.25, 0.3) is 22.3 Å². The zero-order valence-electron chi connectivity index (χ0n) is 26.4. The van der Waals surface area contributed by atoms with Gasteiger partial charge < -0.3 is 19.5 Å². The van der Waals surface area contributed by atoms with Crippen LogP contribution < -0.4 is 14.8 Å². The predicted octanol–water partition coefficient (Wildman–Crippen LogP) is 9.12. The Balaban J connectivity index is 1.55. The summed E-state index contributed by atoms with van der Waals surface area (Å²) >= 11 is 0. The summed E-state index contributed by atoms with van der Waals surface area (Å²) in [5.74, 6) is -1.21. The average molecular weight is 694 g/mol. The third-order valence-corrected chi connectivity index (χ3v) is 7.51. The lowest BCUT2D eigenvalue weighted by Crippen LogP contribution is -2.23. The largest absolute Gasteiger partial charge is 0.489 e. The van der Waals surface area contributed by atoms with Crippen LogP contribution in [0.3, 0.4) is 0 Å². The highest BCUT2D eigenvalue weighted by molar-refractivity contribution is 5.99. The number of hydrogen-bond acceptors (Lipinski definition) is 5. The van der Waals surface area contributed by atoms with Crippen LogP contribution in [0.2, 0.25) is 0 Å². The van der Waals surface area contributed by atoms with E-state index in [4.69, 9.17) is 9.47 Å². The summed E-state index contributed by atoms with van der Waals surface area (Å²) < 4.78 is 98.7. The lowest BCUT2D eigenvalue weighted by atomic mass is 9.92. The molecule has 12 heteroatoms. The fraction of sp³-hybridized carbons (Fsp3) is 0.158. The molecule has 0 aromatic heterocycles. The second kappa shape index (κ2) is 15.2. The number of amides is 1. The number of methoxy groups -OCH3 is 1. The van der Waals surface area contributed by atoms with Crippen LogP contribution in [0.5, 0.6) is 11.5 Å². The van der Waals surface area contributed by atoms with Gasteiger partial charge in [-0.1, -0.05) is 66.7 Å². The third-order valence-electron chi connectivity index (χ3n) is 7.51. The molecule has 0 saturated heterocycles. The van der Waals surface area contributed by atoms with Crippen LogP contribution in [0.15, 0.2) is 115 Å². The number of carbonyl (C=O) groups is 2. The quantitative estimate of drug-likeness (QED) is 0.110.